The van der Waals surface area contributed by atoms with E-state index in [2.05, 4.69) is 42.2 Å². The van der Waals surface area contributed by atoms with Crippen LogP contribution >= 0.6 is 0 Å². The van der Waals surface area contributed by atoms with Crippen molar-refractivity contribution >= 4 is 5.91 Å². The maximum Gasteiger partial charge on any atom is 0.223 e. The number of carbonyl (C=O) groups is 1. The molecule has 0 N–H and O–H groups in total. The first-order valence-electron chi connectivity index (χ1n) is 7.84. The van der Waals surface area contributed by atoms with Gasteiger partial charge < -0.3 is 14.2 Å². The molecule has 6 nitrogen and oxygen atoms in total. The summed E-state index contributed by atoms with van der Waals surface area (Å²) < 4.78 is 10.3. The van der Waals surface area contributed by atoms with Crippen LogP contribution in [-0.4, -0.2) is 40.7 Å². The molecule has 122 valence electrons. The highest BCUT2D eigenvalue weighted by Crippen LogP contribution is 2.22. The van der Waals surface area contributed by atoms with Crippen molar-refractivity contribution in [2.75, 3.05) is 19.8 Å². The topological polar surface area (TPSA) is 68.5 Å². The number of ether oxygens (including phenoxy) is 1. The molecule has 1 fully saturated rings. The van der Waals surface area contributed by atoms with Gasteiger partial charge >= 0.3 is 0 Å². The van der Waals surface area contributed by atoms with Gasteiger partial charge in [0.2, 0.25) is 12.3 Å². The van der Waals surface area contributed by atoms with E-state index in [1.165, 1.54) is 23.1 Å². The van der Waals surface area contributed by atoms with Crippen molar-refractivity contribution in [1.82, 2.24) is 15.0 Å². The molecule has 0 aliphatic carbocycles. The van der Waals surface area contributed by atoms with Gasteiger partial charge in [0.25, 0.3) is 0 Å². The fourth-order valence-corrected chi connectivity index (χ4v) is 3.05. The lowest BCUT2D eigenvalue weighted by Crippen LogP contribution is -2.43. The van der Waals surface area contributed by atoms with Gasteiger partial charge in [-0.25, -0.2) is 0 Å². The van der Waals surface area contributed by atoms with E-state index >= 15 is 0 Å². The second-order valence-electron chi connectivity index (χ2n) is 5.96. The van der Waals surface area contributed by atoms with Gasteiger partial charge in [-0.3, -0.25) is 4.79 Å². The molecule has 1 aliphatic rings. The van der Waals surface area contributed by atoms with E-state index in [1.54, 1.807) is 4.90 Å². The zero-order chi connectivity index (χ0) is 16.2. The first-order chi connectivity index (χ1) is 11.1. The SMILES string of the molecule is Cc1cc(C)cc(CCC(=O)N2CCOC[C@@H]2c2ncon2)c1. The fourth-order valence-electron chi connectivity index (χ4n) is 3.05. The molecule has 0 radical (unpaired) electrons. The van der Waals surface area contributed by atoms with Gasteiger partial charge in [0, 0.05) is 13.0 Å². The Morgan fingerprint density at radius 1 is 1.30 bits per heavy atom. The van der Waals surface area contributed by atoms with Gasteiger partial charge in [0.1, 0.15) is 6.04 Å². The van der Waals surface area contributed by atoms with Crippen molar-refractivity contribution in [1.29, 1.82) is 0 Å². The predicted molar refractivity (Wildman–Crippen MR) is 83.8 cm³/mol. The summed E-state index contributed by atoms with van der Waals surface area (Å²) in [6.45, 7) is 5.67. The third-order valence-corrected chi connectivity index (χ3v) is 4.03. The molecule has 6 heteroatoms. The first kappa shape index (κ1) is 15.7. The second-order valence-corrected chi connectivity index (χ2v) is 5.96. The molecular weight excluding hydrogens is 294 g/mol. The molecule has 3 rings (SSSR count). The standard InChI is InChI=1S/C17H21N3O3/c1-12-7-13(2)9-14(8-12)3-4-16(21)20-5-6-22-10-15(20)17-18-11-23-19-17/h7-9,11,15H,3-6,10H2,1-2H3/t15-/m1/s1. The van der Waals surface area contributed by atoms with E-state index in [-0.39, 0.29) is 11.9 Å². The van der Waals surface area contributed by atoms with E-state index in [0.29, 0.717) is 32.0 Å². The molecule has 1 aromatic carbocycles. The number of amides is 1. The van der Waals surface area contributed by atoms with E-state index in [4.69, 9.17) is 9.26 Å². The van der Waals surface area contributed by atoms with Crippen LogP contribution in [-0.2, 0) is 16.0 Å². The van der Waals surface area contributed by atoms with Crippen LogP contribution in [0.25, 0.3) is 0 Å². The molecule has 0 spiro atoms. The average molecular weight is 315 g/mol. The Labute approximate surface area is 135 Å². The van der Waals surface area contributed by atoms with Crippen molar-refractivity contribution in [2.24, 2.45) is 0 Å². The second kappa shape index (κ2) is 6.91. The number of carbonyl (C=O) groups excluding carboxylic acids is 1. The van der Waals surface area contributed by atoms with Gasteiger partial charge in [-0.15, -0.1) is 0 Å². The molecule has 1 amide bonds. The lowest BCUT2D eigenvalue weighted by Gasteiger charge is -2.33. The minimum Gasteiger partial charge on any atom is -0.377 e. The highest BCUT2D eigenvalue weighted by Gasteiger charge is 2.31. The van der Waals surface area contributed by atoms with Gasteiger partial charge in [-0.05, 0) is 25.8 Å². The van der Waals surface area contributed by atoms with E-state index in [0.717, 1.165) is 6.42 Å². The zero-order valence-corrected chi connectivity index (χ0v) is 13.5. The quantitative estimate of drug-likeness (QED) is 0.865. The van der Waals surface area contributed by atoms with Crippen LogP contribution in [0.5, 0.6) is 0 Å². The summed E-state index contributed by atoms with van der Waals surface area (Å²) in [6.07, 6.45) is 2.48. The third kappa shape index (κ3) is 3.76. The van der Waals surface area contributed by atoms with Crippen molar-refractivity contribution in [3.8, 4) is 0 Å². The number of rotatable bonds is 4. The molecule has 1 atom stereocenters. The Balaban J connectivity index is 1.66. The summed E-state index contributed by atoms with van der Waals surface area (Å²) in [6, 6.07) is 6.15. The predicted octanol–water partition coefficient (Wildman–Crippen LogP) is 2.22. The molecule has 2 heterocycles. The van der Waals surface area contributed by atoms with Crippen LogP contribution < -0.4 is 0 Å². The Bertz CT molecular complexity index is 649. The smallest absolute Gasteiger partial charge is 0.223 e. The van der Waals surface area contributed by atoms with Crippen molar-refractivity contribution in [2.45, 2.75) is 32.7 Å². The molecule has 0 saturated carbocycles. The number of hydrogen-bond donors (Lipinski definition) is 0. The summed E-state index contributed by atoms with van der Waals surface area (Å²) in [5, 5.41) is 3.85. The molecule has 1 aliphatic heterocycles. The summed E-state index contributed by atoms with van der Waals surface area (Å²) in [5.41, 5.74) is 3.65. The molecule has 0 unspecified atom stereocenters. The largest absolute Gasteiger partial charge is 0.377 e. The number of nitrogens with zero attached hydrogens (tertiary/aromatic N) is 3. The maximum absolute atomic E-state index is 12.6. The molecule has 0 bridgehead atoms. The maximum atomic E-state index is 12.6. The Hall–Kier alpha value is -2.21. The highest BCUT2D eigenvalue weighted by atomic mass is 16.5. The molecule has 23 heavy (non-hydrogen) atoms. The van der Waals surface area contributed by atoms with Gasteiger partial charge in [0.05, 0.1) is 13.2 Å². The Kier molecular flexibility index (Phi) is 4.71. The minimum absolute atomic E-state index is 0.0993. The van der Waals surface area contributed by atoms with E-state index < -0.39 is 0 Å². The summed E-state index contributed by atoms with van der Waals surface area (Å²) >= 11 is 0. The van der Waals surface area contributed by atoms with Crippen molar-refractivity contribution in [3.05, 3.63) is 47.1 Å². The van der Waals surface area contributed by atoms with Crippen LogP contribution in [0, 0.1) is 13.8 Å². The lowest BCUT2D eigenvalue weighted by molar-refractivity contribution is -0.140. The Morgan fingerprint density at radius 3 is 2.78 bits per heavy atom. The number of aryl methyl sites for hydroxylation is 3. The van der Waals surface area contributed by atoms with Crippen LogP contribution in [0.15, 0.2) is 29.1 Å². The Morgan fingerprint density at radius 2 is 2.09 bits per heavy atom. The monoisotopic (exact) mass is 315 g/mol. The number of morpholine rings is 1. The number of benzene rings is 1. The summed E-state index contributed by atoms with van der Waals surface area (Å²) in [5.74, 6) is 0.603. The van der Waals surface area contributed by atoms with Crippen LogP contribution in [0.2, 0.25) is 0 Å². The number of aromatic nitrogens is 2. The molecule has 1 aromatic heterocycles. The number of hydrogen-bond acceptors (Lipinski definition) is 5. The van der Waals surface area contributed by atoms with Gasteiger partial charge in [0.15, 0.2) is 5.82 Å². The molecule has 2 aromatic rings. The minimum atomic E-state index is -0.255. The fraction of sp³-hybridized carbons (Fsp3) is 0.471. The van der Waals surface area contributed by atoms with Crippen molar-refractivity contribution < 1.29 is 14.1 Å². The zero-order valence-electron chi connectivity index (χ0n) is 13.5. The van der Waals surface area contributed by atoms with Crippen LogP contribution in [0.3, 0.4) is 0 Å². The molecular formula is C17H21N3O3. The third-order valence-electron chi connectivity index (χ3n) is 4.03. The van der Waals surface area contributed by atoms with Gasteiger partial charge in [-0.2, -0.15) is 4.98 Å². The van der Waals surface area contributed by atoms with Gasteiger partial charge in [-0.1, -0.05) is 34.5 Å². The molecule has 1 saturated heterocycles. The van der Waals surface area contributed by atoms with E-state index in [9.17, 15) is 4.79 Å². The van der Waals surface area contributed by atoms with Crippen LogP contribution in [0.1, 0.15) is 35.0 Å². The lowest BCUT2D eigenvalue weighted by atomic mass is 10.0. The normalized spacial score (nSPS) is 18.2. The highest BCUT2D eigenvalue weighted by molar-refractivity contribution is 5.77. The van der Waals surface area contributed by atoms with E-state index in [1.807, 2.05) is 0 Å². The average Bonchev–Trinajstić information content (AvgIpc) is 3.06. The summed E-state index contributed by atoms with van der Waals surface area (Å²) in [4.78, 5) is 18.5. The first-order valence-corrected chi connectivity index (χ1v) is 7.84. The summed E-state index contributed by atoms with van der Waals surface area (Å²) in [7, 11) is 0. The van der Waals surface area contributed by atoms with Crippen LogP contribution in [0.4, 0.5) is 0 Å². The van der Waals surface area contributed by atoms with Crippen molar-refractivity contribution in [3.63, 3.8) is 0 Å².